The van der Waals surface area contributed by atoms with E-state index in [2.05, 4.69) is 11.4 Å². The summed E-state index contributed by atoms with van der Waals surface area (Å²) in [4.78, 5) is 13.2. The molecule has 0 bridgehead atoms. The zero-order valence-electron chi connectivity index (χ0n) is 8.79. The van der Waals surface area contributed by atoms with Crippen LogP contribution in [0.5, 0.6) is 0 Å². The SMILES string of the molecule is CN1CCc2cc(CN)ccc2NC1=O. The Hall–Kier alpha value is -1.55. The molecule has 80 valence electrons. The molecule has 1 heterocycles. The van der Waals surface area contributed by atoms with Crippen molar-refractivity contribution in [2.75, 3.05) is 18.9 Å². The Balaban J connectivity index is 2.34. The van der Waals surface area contributed by atoms with Gasteiger partial charge in [-0.3, -0.25) is 0 Å². The number of rotatable bonds is 1. The second kappa shape index (κ2) is 3.90. The Morgan fingerprint density at radius 1 is 1.53 bits per heavy atom. The first kappa shape index (κ1) is 9.98. The van der Waals surface area contributed by atoms with Gasteiger partial charge in [0.05, 0.1) is 0 Å². The highest BCUT2D eigenvalue weighted by Gasteiger charge is 2.16. The number of hydrogen-bond donors (Lipinski definition) is 2. The summed E-state index contributed by atoms with van der Waals surface area (Å²) in [6.45, 7) is 1.28. The normalized spacial score (nSPS) is 15.6. The number of nitrogens with one attached hydrogen (secondary N) is 1. The average molecular weight is 205 g/mol. The van der Waals surface area contributed by atoms with Gasteiger partial charge in [0, 0.05) is 25.8 Å². The predicted octanol–water partition coefficient (Wildman–Crippen LogP) is 1.17. The molecular weight excluding hydrogens is 190 g/mol. The fourth-order valence-electron chi connectivity index (χ4n) is 1.70. The number of likely N-dealkylation sites (N-methyl/N-ethyl adjacent to an activating group) is 1. The summed E-state index contributed by atoms with van der Waals surface area (Å²) in [6.07, 6.45) is 0.873. The molecule has 1 aromatic rings. The molecule has 0 unspecified atom stereocenters. The lowest BCUT2D eigenvalue weighted by atomic mass is 10.1. The van der Waals surface area contributed by atoms with Gasteiger partial charge in [-0.1, -0.05) is 12.1 Å². The van der Waals surface area contributed by atoms with Gasteiger partial charge in [-0.15, -0.1) is 0 Å². The minimum atomic E-state index is -0.0470. The summed E-state index contributed by atoms with van der Waals surface area (Å²) >= 11 is 0. The molecule has 0 radical (unpaired) electrons. The van der Waals surface area contributed by atoms with E-state index in [1.54, 1.807) is 11.9 Å². The van der Waals surface area contributed by atoms with E-state index in [0.717, 1.165) is 29.8 Å². The zero-order valence-corrected chi connectivity index (χ0v) is 8.79. The van der Waals surface area contributed by atoms with Crippen LogP contribution in [0.2, 0.25) is 0 Å². The van der Waals surface area contributed by atoms with Crippen LogP contribution in [-0.4, -0.2) is 24.5 Å². The molecule has 2 rings (SSSR count). The lowest BCUT2D eigenvalue weighted by molar-refractivity contribution is 0.224. The van der Waals surface area contributed by atoms with E-state index < -0.39 is 0 Å². The van der Waals surface area contributed by atoms with Crippen molar-refractivity contribution in [3.05, 3.63) is 29.3 Å². The molecule has 1 aromatic carbocycles. The first-order valence-electron chi connectivity index (χ1n) is 5.04. The van der Waals surface area contributed by atoms with Crippen LogP contribution in [-0.2, 0) is 13.0 Å². The number of carbonyl (C=O) groups is 1. The molecule has 0 saturated carbocycles. The van der Waals surface area contributed by atoms with Gasteiger partial charge in [0.15, 0.2) is 0 Å². The molecule has 15 heavy (non-hydrogen) atoms. The average Bonchev–Trinajstić information content (AvgIpc) is 2.39. The highest BCUT2D eigenvalue weighted by atomic mass is 16.2. The van der Waals surface area contributed by atoms with Crippen molar-refractivity contribution in [1.82, 2.24) is 4.90 Å². The van der Waals surface area contributed by atoms with Gasteiger partial charge in [0.25, 0.3) is 0 Å². The highest BCUT2D eigenvalue weighted by molar-refractivity contribution is 5.90. The Morgan fingerprint density at radius 3 is 3.07 bits per heavy atom. The number of nitrogens with two attached hydrogens (primary N) is 1. The zero-order chi connectivity index (χ0) is 10.8. The minimum absolute atomic E-state index is 0.0470. The topological polar surface area (TPSA) is 58.4 Å². The highest BCUT2D eigenvalue weighted by Crippen LogP contribution is 2.21. The van der Waals surface area contributed by atoms with Crippen molar-refractivity contribution in [2.45, 2.75) is 13.0 Å². The maximum Gasteiger partial charge on any atom is 0.321 e. The molecule has 0 aromatic heterocycles. The second-order valence-corrected chi connectivity index (χ2v) is 3.80. The summed E-state index contributed by atoms with van der Waals surface area (Å²) in [5.41, 5.74) is 8.75. The first-order chi connectivity index (χ1) is 7.20. The van der Waals surface area contributed by atoms with Crippen LogP contribution in [0.4, 0.5) is 10.5 Å². The van der Waals surface area contributed by atoms with Crippen LogP contribution in [0.1, 0.15) is 11.1 Å². The summed E-state index contributed by atoms with van der Waals surface area (Å²) in [5.74, 6) is 0. The minimum Gasteiger partial charge on any atom is -0.327 e. The second-order valence-electron chi connectivity index (χ2n) is 3.80. The number of carbonyl (C=O) groups excluding carboxylic acids is 1. The largest absolute Gasteiger partial charge is 0.327 e. The van der Waals surface area contributed by atoms with E-state index in [4.69, 9.17) is 5.73 Å². The Morgan fingerprint density at radius 2 is 2.33 bits per heavy atom. The molecule has 0 fully saturated rings. The van der Waals surface area contributed by atoms with E-state index in [9.17, 15) is 4.79 Å². The van der Waals surface area contributed by atoms with E-state index in [1.807, 2.05) is 12.1 Å². The maximum absolute atomic E-state index is 11.5. The third-order valence-electron chi connectivity index (χ3n) is 2.71. The van der Waals surface area contributed by atoms with Gasteiger partial charge in [-0.2, -0.15) is 0 Å². The van der Waals surface area contributed by atoms with Crippen LogP contribution >= 0.6 is 0 Å². The fraction of sp³-hybridized carbons (Fsp3) is 0.364. The van der Waals surface area contributed by atoms with Crippen molar-refractivity contribution in [3.63, 3.8) is 0 Å². The first-order valence-corrected chi connectivity index (χ1v) is 5.04. The van der Waals surface area contributed by atoms with Crippen molar-refractivity contribution in [1.29, 1.82) is 0 Å². The Labute approximate surface area is 89.1 Å². The summed E-state index contributed by atoms with van der Waals surface area (Å²) in [6, 6.07) is 5.89. The Bertz CT molecular complexity index is 389. The number of fused-ring (bicyclic) bond motifs is 1. The number of urea groups is 1. The molecule has 4 heteroatoms. The fourth-order valence-corrected chi connectivity index (χ4v) is 1.70. The monoisotopic (exact) mass is 205 g/mol. The summed E-state index contributed by atoms with van der Waals surface area (Å²) in [5, 5.41) is 2.87. The molecule has 3 N–H and O–H groups in total. The molecule has 2 amide bonds. The molecule has 0 spiro atoms. The van der Waals surface area contributed by atoms with Crippen molar-refractivity contribution < 1.29 is 4.79 Å². The van der Waals surface area contributed by atoms with Crippen LogP contribution < -0.4 is 11.1 Å². The van der Waals surface area contributed by atoms with E-state index in [0.29, 0.717) is 6.54 Å². The van der Waals surface area contributed by atoms with Crippen LogP contribution in [0, 0.1) is 0 Å². The molecule has 4 nitrogen and oxygen atoms in total. The summed E-state index contributed by atoms with van der Waals surface area (Å²) in [7, 11) is 1.80. The number of benzene rings is 1. The van der Waals surface area contributed by atoms with E-state index in [-0.39, 0.29) is 6.03 Å². The van der Waals surface area contributed by atoms with Crippen molar-refractivity contribution in [2.24, 2.45) is 5.73 Å². The summed E-state index contributed by atoms with van der Waals surface area (Å²) < 4.78 is 0. The van der Waals surface area contributed by atoms with E-state index >= 15 is 0 Å². The van der Waals surface area contributed by atoms with Crippen LogP contribution in [0.3, 0.4) is 0 Å². The van der Waals surface area contributed by atoms with Crippen molar-refractivity contribution >= 4 is 11.7 Å². The number of amides is 2. The molecule has 1 aliphatic rings. The third kappa shape index (κ3) is 1.94. The third-order valence-corrected chi connectivity index (χ3v) is 2.71. The van der Waals surface area contributed by atoms with Gasteiger partial charge >= 0.3 is 6.03 Å². The Kier molecular flexibility index (Phi) is 2.60. The predicted molar refractivity (Wildman–Crippen MR) is 59.7 cm³/mol. The smallest absolute Gasteiger partial charge is 0.321 e. The molecule has 0 saturated heterocycles. The number of anilines is 1. The lowest BCUT2D eigenvalue weighted by Gasteiger charge is -2.12. The van der Waals surface area contributed by atoms with Crippen LogP contribution in [0.15, 0.2) is 18.2 Å². The van der Waals surface area contributed by atoms with Crippen molar-refractivity contribution in [3.8, 4) is 0 Å². The van der Waals surface area contributed by atoms with Crippen LogP contribution in [0.25, 0.3) is 0 Å². The van der Waals surface area contributed by atoms with Gasteiger partial charge < -0.3 is 16.0 Å². The number of nitrogens with zero attached hydrogens (tertiary/aromatic N) is 1. The van der Waals surface area contributed by atoms with Gasteiger partial charge in [0.2, 0.25) is 0 Å². The standard InChI is InChI=1S/C11H15N3O/c1-14-5-4-9-6-8(7-12)2-3-10(9)13-11(14)15/h2-3,6H,4-5,7,12H2,1H3,(H,13,15). The van der Waals surface area contributed by atoms with Gasteiger partial charge in [0.1, 0.15) is 0 Å². The molecular formula is C11H15N3O. The molecule has 1 aliphatic heterocycles. The maximum atomic E-state index is 11.5. The molecule has 0 atom stereocenters. The van der Waals surface area contributed by atoms with Gasteiger partial charge in [-0.05, 0) is 23.6 Å². The van der Waals surface area contributed by atoms with E-state index in [1.165, 1.54) is 0 Å². The number of hydrogen-bond acceptors (Lipinski definition) is 2. The lowest BCUT2D eigenvalue weighted by Crippen LogP contribution is -2.30. The quantitative estimate of drug-likeness (QED) is 0.723. The van der Waals surface area contributed by atoms with Gasteiger partial charge in [-0.25, -0.2) is 4.79 Å². The molecule has 0 aliphatic carbocycles.